The van der Waals surface area contributed by atoms with Crippen LogP contribution in [0.5, 0.6) is 17.2 Å². The van der Waals surface area contributed by atoms with E-state index in [1.54, 1.807) is 12.1 Å². The lowest BCUT2D eigenvalue weighted by Crippen LogP contribution is -2.34. The molecule has 8 heteroatoms. The molecule has 1 fully saturated rings. The van der Waals surface area contributed by atoms with Crippen molar-refractivity contribution < 1.29 is 14.9 Å². The van der Waals surface area contributed by atoms with Crippen LogP contribution in [0.3, 0.4) is 0 Å². The van der Waals surface area contributed by atoms with Crippen LogP contribution in [0.1, 0.15) is 31.2 Å². The number of aromatic nitrogens is 2. The Morgan fingerprint density at radius 2 is 1.82 bits per heavy atom. The fourth-order valence-corrected chi connectivity index (χ4v) is 4.45. The van der Waals surface area contributed by atoms with Gasteiger partial charge < -0.3 is 30.5 Å². The molecule has 4 N–H and O–H groups in total. The average Bonchev–Trinajstić information content (AvgIpc) is 2.83. The molecule has 0 spiro atoms. The van der Waals surface area contributed by atoms with Crippen molar-refractivity contribution >= 4 is 22.7 Å². The first-order chi connectivity index (χ1) is 15.9. The van der Waals surface area contributed by atoms with Gasteiger partial charge in [-0.25, -0.2) is 4.98 Å². The predicted molar refractivity (Wildman–Crippen MR) is 131 cm³/mol. The monoisotopic (exact) mass is 451 g/mol. The smallest absolute Gasteiger partial charge is 0.225 e. The van der Waals surface area contributed by atoms with E-state index >= 15 is 0 Å². The van der Waals surface area contributed by atoms with Gasteiger partial charge in [0.25, 0.3) is 0 Å². The summed E-state index contributed by atoms with van der Waals surface area (Å²) in [6.07, 6.45) is 4.44. The zero-order valence-corrected chi connectivity index (χ0v) is 19.5. The molecule has 1 aliphatic carbocycles. The van der Waals surface area contributed by atoms with E-state index in [0.29, 0.717) is 24.5 Å². The lowest BCUT2D eigenvalue weighted by molar-refractivity contribution is 0.299. The second-order valence-electron chi connectivity index (χ2n) is 8.93. The molecule has 1 heterocycles. The number of hydrogen-bond donors (Lipinski definition) is 4. The van der Waals surface area contributed by atoms with E-state index in [0.717, 1.165) is 54.5 Å². The third-order valence-electron chi connectivity index (χ3n) is 6.33. The number of nitrogens with one attached hydrogen (secondary N) is 2. The van der Waals surface area contributed by atoms with Gasteiger partial charge >= 0.3 is 0 Å². The van der Waals surface area contributed by atoms with Crippen molar-refractivity contribution in [3.8, 4) is 17.2 Å². The number of anilines is 2. The number of methoxy groups -OCH3 is 1. The molecule has 1 saturated carbocycles. The fraction of sp³-hybridized carbons (Fsp3) is 0.440. The van der Waals surface area contributed by atoms with E-state index in [1.807, 2.05) is 37.2 Å². The second kappa shape index (κ2) is 10.1. The molecular weight excluding hydrogens is 418 g/mol. The second-order valence-corrected chi connectivity index (χ2v) is 8.93. The van der Waals surface area contributed by atoms with E-state index in [4.69, 9.17) is 14.7 Å². The maximum Gasteiger partial charge on any atom is 0.225 e. The molecule has 0 amide bonds. The summed E-state index contributed by atoms with van der Waals surface area (Å²) in [5.74, 6) is 2.09. The topological polar surface area (TPSA) is 103 Å². The summed E-state index contributed by atoms with van der Waals surface area (Å²) < 4.78 is 5.12. The van der Waals surface area contributed by atoms with Gasteiger partial charge in [0.1, 0.15) is 5.82 Å². The number of hydrogen-bond acceptors (Lipinski definition) is 8. The normalized spacial score (nSPS) is 18.3. The van der Waals surface area contributed by atoms with Gasteiger partial charge in [-0.05, 0) is 61.4 Å². The Labute approximate surface area is 194 Å². The summed E-state index contributed by atoms with van der Waals surface area (Å²) in [6.45, 7) is 1.48. The van der Waals surface area contributed by atoms with Crippen molar-refractivity contribution in [3.05, 3.63) is 42.0 Å². The SMILES string of the molecule is COc1cc(CNC2CCC(CNc3nc(N(C)C)c4ccccc4n3)CC2)cc(O)c1O. The van der Waals surface area contributed by atoms with E-state index in [1.165, 1.54) is 7.11 Å². The third-order valence-corrected chi connectivity index (χ3v) is 6.33. The standard InChI is InChI=1S/C25H33N5O3/c1-30(2)24-19-6-4-5-7-20(19)28-25(29-24)27-14-16-8-10-18(11-9-16)26-15-17-12-21(31)23(32)22(13-17)33-3/h4-7,12-13,16,18,26,31-32H,8-11,14-15H2,1-3H3,(H,27,28,29). The van der Waals surface area contributed by atoms with E-state index in [2.05, 4.69) is 16.7 Å². The van der Waals surface area contributed by atoms with Gasteiger partial charge in [-0.15, -0.1) is 0 Å². The molecule has 176 valence electrons. The van der Waals surface area contributed by atoms with Crippen molar-refractivity contribution in [2.75, 3.05) is 38.0 Å². The van der Waals surface area contributed by atoms with Crippen LogP contribution in [-0.2, 0) is 6.54 Å². The Morgan fingerprint density at radius 3 is 2.55 bits per heavy atom. The average molecular weight is 452 g/mol. The van der Waals surface area contributed by atoms with Crippen LogP contribution in [-0.4, -0.2) is 54.0 Å². The lowest BCUT2D eigenvalue weighted by atomic mass is 9.86. The van der Waals surface area contributed by atoms with Gasteiger partial charge in [0.15, 0.2) is 11.5 Å². The van der Waals surface area contributed by atoms with Crippen LogP contribution < -0.4 is 20.3 Å². The zero-order chi connectivity index (χ0) is 23.4. The molecule has 0 aliphatic heterocycles. The number of ether oxygens (including phenoxy) is 1. The number of phenols is 2. The molecule has 0 atom stereocenters. The number of rotatable bonds is 8. The molecular formula is C25H33N5O3. The molecule has 4 rings (SSSR count). The number of phenolic OH excluding ortho intramolecular Hbond substituents is 2. The van der Waals surface area contributed by atoms with Crippen molar-refractivity contribution in [3.63, 3.8) is 0 Å². The predicted octanol–water partition coefficient (Wildman–Crippen LogP) is 3.88. The first kappa shape index (κ1) is 22.9. The molecule has 0 saturated heterocycles. The van der Waals surface area contributed by atoms with Crippen molar-refractivity contribution in [2.45, 2.75) is 38.3 Å². The quantitative estimate of drug-likeness (QED) is 0.383. The van der Waals surface area contributed by atoms with Crippen molar-refractivity contribution in [1.29, 1.82) is 0 Å². The number of nitrogens with zero attached hydrogens (tertiary/aromatic N) is 3. The molecule has 1 aromatic heterocycles. The van der Waals surface area contributed by atoms with Gasteiger partial charge in [0.05, 0.1) is 12.6 Å². The Morgan fingerprint density at radius 1 is 1.06 bits per heavy atom. The largest absolute Gasteiger partial charge is 0.504 e. The molecule has 8 nitrogen and oxygen atoms in total. The summed E-state index contributed by atoms with van der Waals surface area (Å²) >= 11 is 0. The molecule has 0 unspecified atom stereocenters. The van der Waals surface area contributed by atoms with Crippen molar-refractivity contribution in [1.82, 2.24) is 15.3 Å². The van der Waals surface area contributed by atoms with Crippen LogP contribution in [0.25, 0.3) is 10.9 Å². The first-order valence-electron chi connectivity index (χ1n) is 11.4. The van der Waals surface area contributed by atoms with Gasteiger partial charge in [-0.2, -0.15) is 4.98 Å². The molecule has 0 radical (unpaired) electrons. The minimum atomic E-state index is -0.220. The van der Waals surface area contributed by atoms with Gasteiger partial charge in [0.2, 0.25) is 11.7 Å². The van der Waals surface area contributed by atoms with Gasteiger partial charge in [-0.1, -0.05) is 12.1 Å². The summed E-state index contributed by atoms with van der Waals surface area (Å²) in [5.41, 5.74) is 1.83. The van der Waals surface area contributed by atoms with Gasteiger partial charge in [-0.3, -0.25) is 0 Å². The highest BCUT2D eigenvalue weighted by molar-refractivity contribution is 5.90. The summed E-state index contributed by atoms with van der Waals surface area (Å²) in [7, 11) is 5.48. The zero-order valence-electron chi connectivity index (χ0n) is 19.5. The highest BCUT2D eigenvalue weighted by Crippen LogP contribution is 2.36. The van der Waals surface area contributed by atoms with E-state index in [9.17, 15) is 10.2 Å². The molecule has 3 aromatic rings. The number of benzene rings is 2. The number of aromatic hydroxyl groups is 2. The maximum absolute atomic E-state index is 9.87. The molecule has 0 bridgehead atoms. The molecule has 33 heavy (non-hydrogen) atoms. The summed E-state index contributed by atoms with van der Waals surface area (Å²) in [6, 6.07) is 11.9. The number of fused-ring (bicyclic) bond motifs is 1. The fourth-order valence-electron chi connectivity index (χ4n) is 4.45. The van der Waals surface area contributed by atoms with Crippen LogP contribution >= 0.6 is 0 Å². The Hall–Kier alpha value is -3.26. The minimum absolute atomic E-state index is 0.158. The lowest BCUT2D eigenvalue weighted by Gasteiger charge is -2.29. The summed E-state index contributed by atoms with van der Waals surface area (Å²) in [5, 5.41) is 27.7. The Kier molecular flexibility index (Phi) is 7.03. The van der Waals surface area contributed by atoms with Crippen molar-refractivity contribution in [2.24, 2.45) is 5.92 Å². The van der Waals surface area contributed by atoms with Crippen LogP contribution in [0, 0.1) is 5.92 Å². The van der Waals surface area contributed by atoms with Crippen LogP contribution in [0.4, 0.5) is 11.8 Å². The summed E-state index contributed by atoms with van der Waals surface area (Å²) in [4.78, 5) is 11.5. The maximum atomic E-state index is 9.87. The van der Waals surface area contributed by atoms with E-state index < -0.39 is 0 Å². The van der Waals surface area contributed by atoms with E-state index in [-0.39, 0.29) is 17.2 Å². The third kappa shape index (κ3) is 5.39. The first-order valence-corrected chi connectivity index (χ1v) is 11.4. The Balaban J connectivity index is 1.28. The highest BCUT2D eigenvalue weighted by Gasteiger charge is 2.21. The highest BCUT2D eigenvalue weighted by atomic mass is 16.5. The van der Waals surface area contributed by atoms with Gasteiger partial charge in [0, 0.05) is 38.6 Å². The minimum Gasteiger partial charge on any atom is -0.504 e. The van der Waals surface area contributed by atoms with Crippen LogP contribution in [0.15, 0.2) is 36.4 Å². The van der Waals surface area contributed by atoms with Crippen LogP contribution in [0.2, 0.25) is 0 Å². The molecule has 2 aromatic carbocycles. The Bertz CT molecular complexity index is 1100. The number of para-hydroxylation sites is 1. The molecule has 1 aliphatic rings.